The van der Waals surface area contributed by atoms with E-state index in [9.17, 15) is 24.3 Å². The Morgan fingerprint density at radius 1 is 0.831 bits per heavy atom. The van der Waals surface area contributed by atoms with Gasteiger partial charge < -0.3 is 41.1 Å². The Morgan fingerprint density at radius 3 is 2.19 bits per heavy atom. The number of ether oxygens (including phenoxy) is 1. The lowest BCUT2D eigenvalue weighted by molar-refractivity contribution is -0.131. The Bertz CT molecular complexity index is 2080. The number of hydrogen-bond donors (Lipinski definition) is 7. The number of benzene rings is 3. The van der Waals surface area contributed by atoms with Gasteiger partial charge in [0.25, 0.3) is 0 Å². The van der Waals surface area contributed by atoms with Crippen LogP contribution in [0.5, 0.6) is 0 Å². The van der Waals surface area contributed by atoms with Crippen LogP contribution in [-0.2, 0) is 45.1 Å². The number of nitrogens with zero attached hydrogens (tertiary/aromatic N) is 2. The number of aliphatic hydroxyl groups is 1. The molecule has 3 aromatic carbocycles. The monoisotopic (exact) mass is 804 g/mol. The van der Waals surface area contributed by atoms with Gasteiger partial charge in [-0.3, -0.25) is 19.3 Å². The number of rotatable bonds is 19. The van der Waals surface area contributed by atoms with Crippen LogP contribution >= 0.6 is 0 Å². The van der Waals surface area contributed by atoms with Crippen LogP contribution in [0, 0.1) is 5.92 Å². The van der Waals surface area contributed by atoms with Gasteiger partial charge in [-0.25, -0.2) is 9.78 Å². The second-order valence-corrected chi connectivity index (χ2v) is 15.8. The van der Waals surface area contributed by atoms with Crippen LogP contribution in [0.25, 0.3) is 10.9 Å². The van der Waals surface area contributed by atoms with Gasteiger partial charge in [0.1, 0.15) is 18.7 Å². The van der Waals surface area contributed by atoms with Gasteiger partial charge in [-0.2, -0.15) is 0 Å². The molecule has 1 fully saturated rings. The van der Waals surface area contributed by atoms with E-state index in [-0.39, 0.29) is 43.7 Å². The van der Waals surface area contributed by atoms with E-state index in [0.717, 1.165) is 54.5 Å². The van der Waals surface area contributed by atoms with E-state index >= 15 is 0 Å². The number of amides is 4. The average molecular weight is 805 g/mol. The second kappa shape index (κ2) is 21.1. The minimum atomic E-state index is -1.18. The number of carbonyl (C=O) groups is 4. The first kappa shape index (κ1) is 42.6. The Kier molecular flexibility index (Phi) is 15.3. The molecule has 14 nitrogen and oxygen atoms in total. The fourth-order valence-corrected chi connectivity index (χ4v) is 7.53. The van der Waals surface area contributed by atoms with Gasteiger partial charge in [-0.15, -0.1) is 0 Å². The first-order valence-corrected chi connectivity index (χ1v) is 20.4. The molecule has 5 aromatic rings. The van der Waals surface area contributed by atoms with Crippen LogP contribution in [0.1, 0.15) is 61.9 Å². The van der Waals surface area contributed by atoms with Crippen molar-refractivity contribution in [2.45, 2.75) is 95.8 Å². The number of hydrogen-bond acceptors (Lipinski definition) is 8. The molecule has 2 aromatic heterocycles. The molecule has 1 saturated heterocycles. The molecule has 14 heteroatoms. The molecule has 1 aliphatic rings. The van der Waals surface area contributed by atoms with Crippen molar-refractivity contribution in [1.29, 1.82) is 0 Å². The van der Waals surface area contributed by atoms with E-state index in [1.807, 2.05) is 86.6 Å². The van der Waals surface area contributed by atoms with E-state index in [4.69, 9.17) is 4.74 Å². The van der Waals surface area contributed by atoms with Crippen molar-refractivity contribution in [2.24, 2.45) is 5.92 Å². The van der Waals surface area contributed by atoms with Crippen molar-refractivity contribution >= 4 is 34.7 Å². The third-order valence-electron chi connectivity index (χ3n) is 10.6. The van der Waals surface area contributed by atoms with Gasteiger partial charge in [-0.1, -0.05) is 92.7 Å². The Hall–Kier alpha value is -5.99. The maximum absolute atomic E-state index is 14.2. The highest BCUT2D eigenvalue weighted by atomic mass is 16.5. The number of aromatic amines is 2. The van der Waals surface area contributed by atoms with Gasteiger partial charge in [0.2, 0.25) is 17.7 Å². The molecule has 0 bridgehead atoms. The number of imidazole rings is 1. The summed E-state index contributed by atoms with van der Waals surface area (Å²) in [5, 5.41) is 23.9. The molecule has 3 heterocycles. The zero-order valence-electron chi connectivity index (χ0n) is 33.7. The van der Waals surface area contributed by atoms with Crippen molar-refractivity contribution in [3.05, 3.63) is 126 Å². The number of aromatic nitrogens is 3. The number of carbonyl (C=O) groups excluding carboxylic acids is 4. The van der Waals surface area contributed by atoms with Crippen molar-refractivity contribution in [3.8, 4) is 0 Å². The van der Waals surface area contributed by atoms with Gasteiger partial charge in [0.15, 0.2) is 0 Å². The number of fused-ring (bicyclic) bond motifs is 1. The van der Waals surface area contributed by atoms with E-state index in [1.165, 1.54) is 11.9 Å². The smallest absolute Gasteiger partial charge is 0.408 e. The third-order valence-corrected chi connectivity index (χ3v) is 10.6. The zero-order chi connectivity index (χ0) is 41.6. The number of H-pyrrole nitrogens is 2. The summed E-state index contributed by atoms with van der Waals surface area (Å²) in [5.41, 5.74) is 4.21. The maximum Gasteiger partial charge on any atom is 0.408 e. The van der Waals surface area contributed by atoms with Gasteiger partial charge >= 0.3 is 6.09 Å². The van der Waals surface area contributed by atoms with E-state index in [0.29, 0.717) is 12.1 Å². The van der Waals surface area contributed by atoms with Gasteiger partial charge in [0, 0.05) is 61.8 Å². The highest BCUT2D eigenvalue weighted by Crippen LogP contribution is 2.20. The molecule has 0 saturated carbocycles. The summed E-state index contributed by atoms with van der Waals surface area (Å²) in [4.78, 5) is 67.5. The Morgan fingerprint density at radius 2 is 1.49 bits per heavy atom. The summed E-state index contributed by atoms with van der Waals surface area (Å²) in [6.45, 7) is 6.51. The Labute approximate surface area is 344 Å². The fraction of sp³-hybridized carbons (Fsp3) is 0.400. The topological polar surface area (TPSA) is 194 Å². The van der Waals surface area contributed by atoms with Crippen LogP contribution < -0.4 is 21.3 Å². The van der Waals surface area contributed by atoms with Crippen LogP contribution in [0.3, 0.4) is 0 Å². The van der Waals surface area contributed by atoms with Crippen LogP contribution in [0.4, 0.5) is 4.79 Å². The molecule has 4 atom stereocenters. The third kappa shape index (κ3) is 13.0. The lowest BCUT2D eigenvalue weighted by Gasteiger charge is -2.33. The summed E-state index contributed by atoms with van der Waals surface area (Å²) >= 11 is 0. The number of nitrogens with one attached hydrogen (secondary N) is 6. The molecule has 0 unspecified atom stereocenters. The molecule has 4 amide bonds. The van der Waals surface area contributed by atoms with Gasteiger partial charge in [0.05, 0.1) is 30.6 Å². The lowest BCUT2D eigenvalue weighted by Crippen LogP contribution is -2.57. The number of aliphatic hydroxyl groups excluding tert-OH is 1. The summed E-state index contributed by atoms with van der Waals surface area (Å²) < 4.78 is 5.48. The van der Waals surface area contributed by atoms with E-state index in [2.05, 4.69) is 53.3 Å². The van der Waals surface area contributed by atoms with E-state index < -0.39 is 42.1 Å². The van der Waals surface area contributed by atoms with Crippen LogP contribution in [0.15, 0.2) is 104 Å². The second-order valence-electron chi connectivity index (χ2n) is 15.8. The number of para-hydroxylation sites is 1. The summed E-state index contributed by atoms with van der Waals surface area (Å²) in [7, 11) is 0. The average Bonchev–Trinajstić information content (AvgIpc) is 3.91. The molecule has 0 spiro atoms. The summed E-state index contributed by atoms with van der Waals surface area (Å²) in [6, 6.07) is 24.1. The van der Waals surface area contributed by atoms with Crippen molar-refractivity contribution in [3.63, 3.8) is 0 Å². The standard InChI is InChI=1S/C45H56N8O6/c1-30(2)21-38(41(54)24-42(55)49-34-17-19-53(20-18-34)27-31-11-5-3-6-12-31)50-44(57)40(23-35-26-46-29-48-35)51-43(56)39(22-33-25-47-37-16-10-9-15-36(33)37)52-45(58)59-28-32-13-7-4-8-14-32/h3-16,25-26,29-30,34,38-41,47,54H,17-24,27-28H2,1-2H3,(H,46,48)(H,49,55)(H,50,57)(H,51,56)(H,52,58)/t38-,39-,40-,41-/m0/s1. The van der Waals surface area contributed by atoms with E-state index in [1.54, 1.807) is 12.4 Å². The molecule has 6 rings (SSSR count). The maximum atomic E-state index is 14.2. The molecule has 0 radical (unpaired) electrons. The predicted octanol–water partition coefficient (Wildman–Crippen LogP) is 4.52. The minimum absolute atomic E-state index is 0.00386. The first-order chi connectivity index (χ1) is 28.6. The van der Waals surface area contributed by atoms with Crippen LogP contribution in [0.2, 0.25) is 0 Å². The molecule has 0 aliphatic carbocycles. The fourth-order valence-electron chi connectivity index (χ4n) is 7.53. The zero-order valence-corrected chi connectivity index (χ0v) is 33.7. The quantitative estimate of drug-likeness (QED) is 0.0634. The lowest BCUT2D eigenvalue weighted by atomic mass is 9.96. The summed E-state index contributed by atoms with van der Waals surface area (Å²) in [6.07, 6.45) is 4.84. The molecule has 7 N–H and O–H groups in total. The van der Waals surface area contributed by atoms with Gasteiger partial charge in [-0.05, 0) is 47.9 Å². The SMILES string of the molecule is CC(C)C[C@H](NC(=O)[C@H](Cc1c[nH]cn1)NC(=O)[C@H](Cc1c[nH]c2ccccc12)NC(=O)OCc1ccccc1)[C@@H](O)CC(=O)NC1CCN(Cc2ccccc2)CC1. The first-order valence-electron chi connectivity index (χ1n) is 20.4. The predicted molar refractivity (Wildman–Crippen MR) is 225 cm³/mol. The van der Waals surface area contributed by atoms with Crippen molar-refractivity contribution in [1.82, 2.24) is 41.1 Å². The Balaban J connectivity index is 1.10. The summed E-state index contributed by atoms with van der Waals surface area (Å²) in [5.74, 6) is -1.39. The molecular weight excluding hydrogens is 749 g/mol. The highest BCUT2D eigenvalue weighted by Gasteiger charge is 2.32. The normalized spacial score (nSPS) is 15.5. The van der Waals surface area contributed by atoms with Crippen LogP contribution in [-0.4, -0.2) is 92.1 Å². The largest absolute Gasteiger partial charge is 0.445 e. The van der Waals surface area contributed by atoms with Crippen molar-refractivity contribution < 1.29 is 29.0 Å². The molecular formula is C45H56N8O6. The molecule has 59 heavy (non-hydrogen) atoms. The number of likely N-dealkylation sites (tertiary alicyclic amines) is 1. The molecule has 312 valence electrons. The number of piperidine rings is 1. The minimum Gasteiger partial charge on any atom is -0.445 e. The highest BCUT2D eigenvalue weighted by molar-refractivity contribution is 5.92. The van der Waals surface area contributed by atoms with Crippen molar-refractivity contribution in [2.75, 3.05) is 13.1 Å². The number of alkyl carbamates (subject to hydrolysis) is 1. The molecule has 1 aliphatic heterocycles.